The highest BCUT2D eigenvalue weighted by atomic mass is 15.2. The molecule has 0 saturated heterocycles. The molecule has 2 heteroatoms. The van der Waals surface area contributed by atoms with E-state index in [1.807, 2.05) is 0 Å². The SMILES string of the molecule is CC[N+]1=C(C=CC=C2N(C)c3cc4ccccc4cc3C2(C)C)C(C)(C)c2ccccc21. The summed E-state index contributed by atoms with van der Waals surface area (Å²) in [4.78, 5) is 2.36. The smallest absolute Gasteiger partial charge is 0.209 e. The van der Waals surface area contributed by atoms with Gasteiger partial charge in [-0.2, -0.15) is 4.58 Å². The molecule has 0 atom stereocenters. The Labute approximate surface area is 192 Å². The average Bonchev–Trinajstić information content (AvgIpc) is 3.11. The topological polar surface area (TPSA) is 6.25 Å². The molecule has 2 aliphatic heterocycles. The van der Waals surface area contributed by atoms with Crippen LogP contribution in [0.2, 0.25) is 0 Å². The first-order valence-electron chi connectivity index (χ1n) is 11.7. The van der Waals surface area contributed by atoms with E-state index in [9.17, 15) is 0 Å². The highest BCUT2D eigenvalue weighted by Crippen LogP contribution is 2.48. The van der Waals surface area contributed by atoms with E-state index in [-0.39, 0.29) is 10.8 Å². The molecule has 0 unspecified atom stereocenters. The molecule has 0 aliphatic carbocycles. The Balaban J connectivity index is 1.55. The molecule has 2 nitrogen and oxygen atoms in total. The number of rotatable bonds is 3. The van der Waals surface area contributed by atoms with E-state index in [1.54, 1.807) is 0 Å². The maximum atomic E-state index is 2.45. The van der Waals surface area contributed by atoms with Gasteiger partial charge in [0.2, 0.25) is 5.69 Å². The third-order valence-corrected chi connectivity index (χ3v) is 7.52. The lowest BCUT2D eigenvalue weighted by Gasteiger charge is -2.23. The van der Waals surface area contributed by atoms with Crippen molar-refractivity contribution in [1.29, 1.82) is 0 Å². The fraction of sp³-hybridized carbons (Fsp3) is 0.300. The maximum Gasteiger partial charge on any atom is 0.209 e. The lowest BCUT2D eigenvalue weighted by Crippen LogP contribution is -2.27. The Morgan fingerprint density at radius 1 is 0.844 bits per heavy atom. The molecule has 0 saturated carbocycles. The van der Waals surface area contributed by atoms with E-state index in [1.165, 1.54) is 44.7 Å². The van der Waals surface area contributed by atoms with Gasteiger partial charge in [-0.1, -0.05) is 62.4 Å². The molecule has 0 aromatic heterocycles. The largest absolute Gasteiger partial charge is 0.347 e. The first-order chi connectivity index (χ1) is 15.3. The summed E-state index contributed by atoms with van der Waals surface area (Å²) < 4.78 is 2.45. The Hall–Kier alpha value is -3.13. The number of benzene rings is 3. The van der Waals surface area contributed by atoms with Crippen LogP contribution >= 0.6 is 0 Å². The number of allylic oxidation sites excluding steroid dienone is 4. The van der Waals surface area contributed by atoms with Crippen molar-refractivity contribution in [2.45, 2.75) is 45.4 Å². The number of anilines is 1. The monoisotopic (exact) mass is 421 g/mol. The van der Waals surface area contributed by atoms with E-state index in [2.05, 4.69) is 130 Å². The zero-order valence-electron chi connectivity index (χ0n) is 20.1. The molecule has 162 valence electrons. The summed E-state index contributed by atoms with van der Waals surface area (Å²) in [5.41, 5.74) is 8.10. The van der Waals surface area contributed by atoms with Crippen molar-refractivity contribution < 1.29 is 4.58 Å². The second kappa shape index (κ2) is 7.20. The normalized spacial score (nSPS) is 19.9. The number of hydrogen-bond acceptors (Lipinski definition) is 1. The minimum atomic E-state index is -0.0400. The van der Waals surface area contributed by atoms with Crippen molar-refractivity contribution >= 4 is 27.9 Å². The van der Waals surface area contributed by atoms with E-state index in [0.29, 0.717) is 0 Å². The number of likely N-dealkylation sites (N-methyl/N-ethyl adjacent to an activating group) is 1. The fourth-order valence-electron chi connectivity index (χ4n) is 5.73. The van der Waals surface area contributed by atoms with Crippen LogP contribution < -0.4 is 4.90 Å². The molecule has 0 fully saturated rings. The first kappa shape index (κ1) is 20.8. The summed E-state index contributed by atoms with van der Waals surface area (Å²) in [7, 11) is 2.20. The highest BCUT2D eigenvalue weighted by molar-refractivity contribution is 6.03. The third kappa shape index (κ3) is 2.89. The molecule has 2 aliphatic rings. The molecule has 0 amide bonds. The number of nitrogens with zero attached hydrogens (tertiary/aromatic N) is 2. The second-order valence-electron chi connectivity index (χ2n) is 10.1. The zero-order valence-corrected chi connectivity index (χ0v) is 20.1. The van der Waals surface area contributed by atoms with Gasteiger partial charge in [-0.05, 0) is 55.3 Å². The number of para-hydroxylation sites is 1. The van der Waals surface area contributed by atoms with Crippen molar-refractivity contribution in [3.63, 3.8) is 0 Å². The van der Waals surface area contributed by atoms with Gasteiger partial charge in [-0.3, -0.25) is 0 Å². The van der Waals surface area contributed by atoms with E-state index in [4.69, 9.17) is 0 Å². The van der Waals surface area contributed by atoms with Crippen LogP contribution in [-0.4, -0.2) is 23.9 Å². The number of fused-ring (bicyclic) bond motifs is 3. The molecule has 3 aromatic carbocycles. The Morgan fingerprint density at radius 2 is 1.50 bits per heavy atom. The summed E-state index contributed by atoms with van der Waals surface area (Å²) >= 11 is 0. The second-order valence-corrected chi connectivity index (χ2v) is 10.1. The van der Waals surface area contributed by atoms with Crippen molar-refractivity contribution in [1.82, 2.24) is 0 Å². The van der Waals surface area contributed by atoms with Crippen LogP contribution in [0.25, 0.3) is 10.8 Å². The predicted octanol–water partition coefficient (Wildman–Crippen LogP) is 7.10. The summed E-state index contributed by atoms with van der Waals surface area (Å²) in [6, 6.07) is 22.2. The van der Waals surface area contributed by atoms with Gasteiger partial charge in [-0.15, -0.1) is 0 Å². The molecule has 0 bridgehead atoms. The van der Waals surface area contributed by atoms with Crippen LogP contribution in [-0.2, 0) is 10.8 Å². The van der Waals surface area contributed by atoms with Gasteiger partial charge in [0.25, 0.3) is 0 Å². The predicted molar refractivity (Wildman–Crippen MR) is 138 cm³/mol. The summed E-state index contributed by atoms with van der Waals surface area (Å²) in [6.45, 7) is 12.6. The Bertz CT molecular complexity index is 1320. The molecule has 2 heterocycles. The molecule has 32 heavy (non-hydrogen) atoms. The maximum absolute atomic E-state index is 2.45. The quantitative estimate of drug-likeness (QED) is 0.409. The third-order valence-electron chi connectivity index (χ3n) is 7.52. The van der Waals surface area contributed by atoms with Crippen LogP contribution in [0.4, 0.5) is 11.4 Å². The van der Waals surface area contributed by atoms with Crippen LogP contribution in [0.3, 0.4) is 0 Å². The van der Waals surface area contributed by atoms with Gasteiger partial charge >= 0.3 is 0 Å². The van der Waals surface area contributed by atoms with E-state index < -0.39 is 0 Å². The molecule has 5 rings (SSSR count). The van der Waals surface area contributed by atoms with Gasteiger partial charge < -0.3 is 4.90 Å². The average molecular weight is 422 g/mol. The van der Waals surface area contributed by atoms with Gasteiger partial charge in [0.05, 0.1) is 5.41 Å². The van der Waals surface area contributed by atoms with Crippen LogP contribution in [0.1, 0.15) is 45.7 Å². The summed E-state index contributed by atoms with van der Waals surface area (Å²) in [5.74, 6) is 0. The van der Waals surface area contributed by atoms with Crippen LogP contribution in [0.5, 0.6) is 0 Å². The van der Waals surface area contributed by atoms with Crippen molar-refractivity contribution in [3.05, 3.63) is 95.7 Å². The molecule has 0 N–H and O–H groups in total. The molecule has 0 radical (unpaired) electrons. The van der Waals surface area contributed by atoms with Crippen molar-refractivity contribution in [2.24, 2.45) is 0 Å². The van der Waals surface area contributed by atoms with E-state index in [0.717, 1.165) is 6.54 Å². The lowest BCUT2D eigenvalue weighted by molar-refractivity contribution is -0.433. The van der Waals surface area contributed by atoms with Crippen LogP contribution in [0, 0.1) is 0 Å². The van der Waals surface area contributed by atoms with Gasteiger partial charge in [0.1, 0.15) is 6.54 Å². The summed E-state index contributed by atoms with van der Waals surface area (Å²) in [6.07, 6.45) is 6.88. The highest BCUT2D eigenvalue weighted by Gasteiger charge is 2.43. The molecule has 3 aromatic rings. The lowest BCUT2D eigenvalue weighted by atomic mass is 9.81. The van der Waals surface area contributed by atoms with E-state index >= 15 is 0 Å². The van der Waals surface area contributed by atoms with Crippen molar-refractivity contribution in [3.8, 4) is 0 Å². The Morgan fingerprint density at radius 3 is 2.22 bits per heavy atom. The van der Waals surface area contributed by atoms with Gasteiger partial charge in [-0.25, -0.2) is 0 Å². The first-order valence-corrected chi connectivity index (χ1v) is 11.7. The zero-order chi connectivity index (χ0) is 22.7. The standard InChI is InChI=1S/C30H33N2/c1-7-32-25-16-11-10-15-23(25)29(2,3)28(32)18-12-17-27-30(4,5)24-19-21-13-8-9-14-22(21)20-26(24)31(27)6/h8-20H,7H2,1-6H3/q+1. The minimum absolute atomic E-state index is 0.000602. The molecular weight excluding hydrogens is 388 g/mol. The molecule has 0 spiro atoms. The van der Waals surface area contributed by atoms with Crippen molar-refractivity contribution in [2.75, 3.05) is 18.5 Å². The Kier molecular flexibility index (Phi) is 4.67. The van der Waals surface area contributed by atoms with Gasteiger partial charge in [0, 0.05) is 41.6 Å². The fourth-order valence-corrected chi connectivity index (χ4v) is 5.73. The summed E-state index contributed by atoms with van der Waals surface area (Å²) in [5, 5.41) is 2.61. The van der Waals surface area contributed by atoms with Crippen LogP contribution in [0.15, 0.2) is 84.6 Å². The van der Waals surface area contributed by atoms with Gasteiger partial charge in [0.15, 0.2) is 5.71 Å². The number of hydrogen-bond donors (Lipinski definition) is 0. The minimum Gasteiger partial charge on any atom is -0.347 e. The molecular formula is C30H33N2+.